The summed E-state index contributed by atoms with van der Waals surface area (Å²) in [6.07, 6.45) is 5.59. The van der Waals surface area contributed by atoms with E-state index < -0.39 is 23.9 Å². The highest BCUT2D eigenvalue weighted by Crippen LogP contribution is 2.36. The summed E-state index contributed by atoms with van der Waals surface area (Å²) in [5, 5.41) is 0. The minimum atomic E-state index is -0.666. The molecule has 0 heterocycles. The van der Waals surface area contributed by atoms with Crippen LogP contribution in [0.4, 0.5) is 0 Å². The zero-order chi connectivity index (χ0) is 30.8. The first-order valence-electron chi connectivity index (χ1n) is 12.9. The van der Waals surface area contributed by atoms with E-state index in [-0.39, 0.29) is 34.1 Å². The van der Waals surface area contributed by atoms with Gasteiger partial charge in [0.2, 0.25) is 0 Å². The molecule has 0 spiro atoms. The lowest BCUT2D eigenvalue weighted by molar-refractivity contribution is -0.132. The first-order chi connectivity index (χ1) is 20.0. The number of allylic oxidation sites excluding steroid dienone is 2. The largest absolute Gasteiger partial charge is 0.419 e. The fourth-order valence-corrected chi connectivity index (χ4v) is 3.49. The summed E-state index contributed by atoms with van der Waals surface area (Å²) < 4.78 is 21.5. The quantitative estimate of drug-likeness (QED) is 0.148. The van der Waals surface area contributed by atoms with Gasteiger partial charge < -0.3 is 18.9 Å². The molecule has 42 heavy (non-hydrogen) atoms. The molecule has 0 aliphatic rings. The van der Waals surface area contributed by atoms with E-state index in [4.69, 9.17) is 18.9 Å². The van der Waals surface area contributed by atoms with Gasteiger partial charge in [-0.15, -0.1) is 0 Å². The minimum absolute atomic E-state index is 0.0508. The van der Waals surface area contributed by atoms with Crippen molar-refractivity contribution in [3.63, 3.8) is 0 Å². The molecule has 0 unspecified atom stereocenters. The van der Waals surface area contributed by atoms with Crippen molar-refractivity contribution >= 4 is 23.9 Å². The maximum absolute atomic E-state index is 12.2. The predicted octanol–water partition coefficient (Wildman–Crippen LogP) is 6.95. The van der Waals surface area contributed by atoms with Gasteiger partial charge in [-0.25, -0.2) is 19.2 Å². The second-order valence-electron chi connectivity index (χ2n) is 9.08. The molecule has 3 aromatic carbocycles. The molecule has 8 nitrogen and oxygen atoms in total. The monoisotopic (exact) mass is 566 g/mol. The first-order valence-corrected chi connectivity index (χ1v) is 12.9. The summed E-state index contributed by atoms with van der Waals surface area (Å²) in [5.74, 6) is -2.25. The number of esters is 4. The smallest absolute Gasteiger partial charge is 0.338 e. The van der Waals surface area contributed by atoms with E-state index in [0.29, 0.717) is 11.1 Å². The predicted molar refractivity (Wildman–Crippen MR) is 159 cm³/mol. The average molecular weight is 567 g/mol. The minimum Gasteiger partial charge on any atom is -0.419 e. The van der Waals surface area contributed by atoms with Gasteiger partial charge >= 0.3 is 23.9 Å². The molecule has 0 radical (unpaired) electrons. The number of carbonyl (C=O) groups excluding carboxylic acids is 4. The van der Waals surface area contributed by atoms with E-state index in [1.165, 1.54) is 32.1 Å². The molecule has 0 amide bonds. The molecular weight excluding hydrogens is 536 g/mol. The molecule has 0 aromatic heterocycles. The van der Waals surface area contributed by atoms with E-state index in [1.807, 2.05) is 24.3 Å². The Morgan fingerprint density at radius 2 is 0.857 bits per heavy atom. The summed E-state index contributed by atoms with van der Waals surface area (Å²) in [6, 6.07) is 17.1. The topological polar surface area (TPSA) is 105 Å². The Morgan fingerprint density at radius 3 is 1.26 bits per heavy atom. The van der Waals surface area contributed by atoms with Crippen molar-refractivity contribution < 1.29 is 38.1 Å². The van der Waals surface area contributed by atoms with E-state index in [2.05, 4.69) is 13.2 Å². The van der Waals surface area contributed by atoms with E-state index >= 15 is 0 Å². The van der Waals surface area contributed by atoms with Gasteiger partial charge in [0.1, 0.15) is 0 Å². The number of rotatable bonds is 10. The van der Waals surface area contributed by atoms with Gasteiger partial charge in [0.15, 0.2) is 23.0 Å². The van der Waals surface area contributed by atoms with Gasteiger partial charge in [-0.2, -0.15) is 0 Å². The highest BCUT2D eigenvalue weighted by atomic mass is 16.6. The lowest BCUT2D eigenvalue weighted by atomic mass is 9.99. The number of ether oxygens (including phenoxy) is 4. The molecule has 8 heteroatoms. The van der Waals surface area contributed by atoms with Gasteiger partial charge in [0.25, 0.3) is 0 Å². The van der Waals surface area contributed by atoms with Crippen LogP contribution in [0.25, 0.3) is 22.3 Å². The van der Waals surface area contributed by atoms with Gasteiger partial charge in [-0.1, -0.05) is 61.7 Å². The van der Waals surface area contributed by atoms with Crippen LogP contribution < -0.4 is 18.9 Å². The van der Waals surface area contributed by atoms with E-state index in [0.717, 1.165) is 11.1 Å². The van der Waals surface area contributed by atoms with Crippen LogP contribution in [0, 0.1) is 0 Å². The molecule has 3 rings (SSSR count). The number of hydrogen-bond acceptors (Lipinski definition) is 8. The first kappa shape index (κ1) is 31.0. The molecule has 0 aliphatic carbocycles. The van der Waals surface area contributed by atoms with Crippen LogP contribution in [0.15, 0.2) is 109 Å². The normalized spacial score (nSPS) is 10.8. The van der Waals surface area contributed by atoms with Crippen molar-refractivity contribution in [3.8, 4) is 45.3 Å². The van der Waals surface area contributed by atoms with Crippen molar-refractivity contribution in [1.29, 1.82) is 0 Å². The van der Waals surface area contributed by atoms with Crippen LogP contribution in [0.5, 0.6) is 23.0 Å². The molecule has 214 valence electrons. The summed E-state index contributed by atoms with van der Waals surface area (Å²) >= 11 is 0. The molecule has 0 saturated carbocycles. The van der Waals surface area contributed by atoms with Crippen molar-refractivity contribution in [1.82, 2.24) is 0 Å². The van der Waals surface area contributed by atoms with Gasteiger partial charge in [0.05, 0.1) is 0 Å². The summed E-state index contributed by atoms with van der Waals surface area (Å²) in [4.78, 5) is 48.5. The van der Waals surface area contributed by atoms with Gasteiger partial charge in [-0.05, 0) is 74.2 Å². The number of hydrogen-bond donors (Lipinski definition) is 0. The molecule has 0 aliphatic heterocycles. The van der Waals surface area contributed by atoms with E-state index in [1.54, 1.807) is 56.3 Å². The Hall–Kier alpha value is -5.50. The SMILES string of the molecule is C=C(C)C(=O)Oc1ccc(-c2ccc(-c3ccc(OC(=O)/C=C/C)c(OC(=O)/C=C/C)c3)cc2)cc1OC(=O)C(=C)C. The Balaban J connectivity index is 1.96. The van der Waals surface area contributed by atoms with Crippen molar-refractivity contribution in [3.05, 3.63) is 109 Å². The molecule has 0 saturated heterocycles. The Bertz CT molecular complexity index is 1610. The highest BCUT2D eigenvalue weighted by Gasteiger charge is 2.17. The van der Waals surface area contributed by atoms with Gasteiger partial charge in [-0.3, -0.25) is 0 Å². The number of benzene rings is 3. The third-order valence-corrected chi connectivity index (χ3v) is 5.57. The van der Waals surface area contributed by atoms with Crippen LogP contribution in [-0.4, -0.2) is 23.9 Å². The Kier molecular flexibility index (Phi) is 10.5. The average Bonchev–Trinajstić information content (AvgIpc) is 2.95. The Labute approximate surface area is 244 Å². The fraction of sp³-hybridized carbons (Fsp3) is 0.118. The highest BCUT2D eigenvalue weighted by molar-refractivity contribution is 5.91. The second kappa shape index (κ2) is 14.2. The molecular formula is C34H30O8. The van der Waals surface area contributed by atoms with Crippen LogP contribution in [0.3, 0.4) is 0 Å². The molecule has 3 aromatic rings. The van der Waals surface area contributed by atoms with Crippen LogP contribution in [0.1, 0.15) is 27.7 Å². The zero-order valence-corrected chi connectivity index (χ0v) is 23.8. The summed E-state index contributed by atoms with van der Waals surface area (Å²) in [6.45, 7) is 13.6. The summed E-state index contributed by atoms with van der Waals surface area (Å²) in [5.41, 5.74) is 3.33. The molecule has 0 bridgehead atoms. The van der Waals surface area contributed by atoms with Crippen molar-refractivity contribution in [2.75, 3.05) is 0 Å². The Morgan fingerprint density at radius 1 is 0.524 bits per heavy atom. The third-order valence-electron chi connectivity index (χ3n) is 5.57. The second-order valence-corrected chi connectivity index (χ2v) is 9.08. The summed E-state index contributed by atoms with van der Waals surface area (Å²) in [7, 11) is 0. The standard InChI is InChI=1S/C34H30O8/c1-7-9-31(35)39-27-17-15-25(19-29(27)40-32(36)10-8-2)23-11-13-24(14-12-23)26-16-18-28(41-33(37)21(3)4)30(20-26)42-34(38)22(5)6/h7-20H,3,5H2,1-2,4,6H3/b9-7+,10-8+. The lowest BCUT2D eigenvalue weighted by Gasteiger charge is -2.13. The third kappa shape index (κ3) is 8.25. The molecule has 0 fully saturated rings. The van der Waals surface area contributed by atoms with Crippen molar-refractivity contribution in [2.24, 2.45) is 0 Å². The maximum Gasteiger partial charge on any atom is 0.338 e. The molecule has 0 N–H and O–H groups in total. The molecule has 0 atom stereocenters. The van der Waals surface area contributed by atoms with Crippen LogP contribution in [-0.2, 0) is 19.2 Å². The fourth-order valence-electron chi connectivity index (χ4n) is 3.49. The zero-order valence-electron chi connectivity index (χ0n) is 23.8. The van der Waals surface area contributed by atoms with Crippen LogP contribution in [0.2, 0.25) is 0 Å². The van der Waals surface area contributed by atoms with E-state index in [9.17, 15) is 19.2 Å². The lowest BCUT2D eigenvalue weighted by Crippen LogP contribution is -2.12. The van der Waals surface area contributed by atoms with Crippen LogP contribution >= 0.6 is 0 Å². The van der Waals surface area contributed by atoms with Crippen molar-refractivity contribution in [2.45, 2.75) is 27.7 Å². The van der Waals surface area contributed by atoms with Gasteiger partial charge in [0, 0.05) is 23.3 Å². The number of carbonyl (C=O) groups is 4. The maximum atomic E-state index is 12.2.